The van der Waals surface area contributed by atoms with E-state index in [4.69, 9.17) is 10.6 Å². The molecule has 0 aromatic heterocycles. The van der Waals surface area contributed by atoms with Gasteiger partial charge in [-0.2, -0.15) is 0 Å². The van der Waals surface area contributed by atoms with Crippen LogP contribution in [0.5, 0.6) is 0 Å². The standard InChI is InChI=1S/C7H10O2S2/c1-4-6-5-9-11(8)10-7(6,2)3/h1,6H,5H2,2-3H3. The van der Waals surface area contributed by atoms with Crippen LogP contribution in [0.15, 0.2) is 0 Å². The summed E-state index contributed by atoms with van der Waals surface area (Å²) in [7, 11) is 0.0729. The van der Waals surface area contributed by atoms with E-state index in [9.17, 15) is 4.21 Å². The molecule has 0 aromatic rings. The van der Waals surface area contributed by atoms with E-state index in [1.807, 2.05) is 13.8 Å². The zero-order chi connectivity index (χ0) is 8.48. The van der Waals surface area contributed by atoms with Crippen molar-refractivity contribution in [3.63, 3.8) is 0 Å². The maximum atomic E-state index is 10.9. The van der Waals surface area contributed by atoms with Crippen molar-refractivity contribution in [2.24, 2.45) is 5.92 Å². The Labute approximate surface area is 73.1 Å². The Morgan fingerprint density at radius 3 is 2.91 bits per heavy atom. The fourth-order valence-electron chi connectivity index (χ4n) is 0.831. The molecule has 0 bridgehead atoms. The van der Waals surface area contributed by atoms with Gasteiger partial charge in [-0.3, -0.25) is 4.18 Å². The van der Waals surface area contributed by atoms with E-state index < -0.39 is 10.1 Å². The monoisotopic (exact) mass is 190 g/mol. The lowest BCUT2D eigenvalue weighted by atomic mass is 9.97. The summed E-state index contributed by atoms with van der Waals surface area (Å²) >= 11 is 0. The van der Waals surface area contributed by atoms with Crippen molar-refractivity contribution in [2.75, 3.05) is 6.61 Å². The SMILES string of the molecule is C#CC1COS(=O)SC1(C)C. The molecule has 1 fully saturated rings. The summed E-state index contributed by atoms with van der Waals surface area (Å²) in [5.41, 5.74) is 0. The maximum absolute atomic E-state index is 10.9. The molecule has 4 heteroatoms. The highest BCUT2D eigenvalue weighted by Crippen LogP contribution is 2.39. The lowest BCUT2D eigenvalue weighted by molar-refractivity contribution is 0.280. The summed E-state index contributed by atoms with van der Waals surface area (Å²) < 4.78 is 15.7. The molecule has 0 amide bonds. The van der Waals surface area contributed by atoms with E-state index in [1.165, 1.54) is 10.8 Å². The fraction of sp³-hybridized carbons (Fsp3) is 0.714. The van der Waals surface area contributed by atoms with E-state index in [0.717, 1.165) is 0 Å². The summed E-state index contributed by atoms with van der Waals surface area (Å²) in [5, 5.41) is 0. The molecule has 0 N–H and O–H groups in total. The summed E-state index contributed by atoms with van der Waals surface area (Å²) in [4.78, 5) is 0. The predicted octanol–water partition coefficient (Wildman–Crippen LogP) is 1.36. The van der Waals surface area contributed by atoms with E-state index in [2.05, 4.69) is 5.92 Å². The smallest absolute Gasteiger partial charge is 0.219 e. The van der Waals surface area contributed by atoms with Crippen molar-refractivity contribution in [1.29, 1.82) is 0 Å². The molecule has 0 saturated carbocycles. The van der Waals surface area contributed by atoms with Crippen molar-refractivity contribution < 1.29 is 8.39 Å². The molecule has 0 radical (unpaired) electrons. The van der Waals surface area contributed by atoms with Crippen LogP contribution in [-0.4, -0.2) is 15.6 Å². The van der Waals surface area contributed by atoms with Crippen LogP contribution in [0.4, 0.5) is 0 Å². The van der Waals surface area contributed by atoms with Crippen molar-refractivity contribution in [3.05, 3.63) is 0 Å². The molecule has 1 rings (SSSR count). The van der Waals surface area contributed by atoms with Crippen molar-refractivity contribution in [3.8, 4) is 12.3 Å². The molecule has 1 aliphatic rings. The molecule has 11 heavy (non-hydrogen) atoms. The minimum Gasteiger partial charge on any atom is -0.281 e. The molecule has 1 saturated heterocycles. The lowest BCUT2D eigenvalue weighted by Crippen LogP contribution is -2.35. The average Bonchev–Trinajstić information content (AvgIpc) is 1.85. The molecule has 0 spiro atoms. The van der Waals surface area contributed by atoms with Crippen molar-refractivity contribution in [2.45, 2.75) is 18.6 Å². The van der Waals surface area contributed by atoms with Gasteiger partial charge in [0.25, 0.3) is 0 Å². The third-order valence-electron chi connectivity index (χ3n) is 1.65. The Balaban J connectivity index is 2.73. The average molecular weight is 190 g/mol. The van der Waals surface area contributed by atoms with Crippen LogP contribution in [0.3, 0.4) is 0 Å². The van der Waals surface area contributed by atoms with E-state index in [1.54, 1.807) is 0 Å². The van der Waals surface area contributed by atoms with E-state index in [-0.39, 0.29) is 10.7 Å². The van der Waals surface area contributed by atoms with Crippen molar-refractivity contribution >= 4 is 20.9 Å². The van der Waals surface area contributed by atoms with E-state index >= 15 is 0 Å². The van der Waals surface area contributed by atoms with Gasteiger partial charge in [-0.25, -0.2) is 4.21 Å². The number of hydrogen-bond donors (Lipinski definition) is 0. The second-order valence-corrected chi connectivity index (χ2v) is 6.07. The first-order valence-corrected chi connectivity index (χ1v) is 5.68. The van der Waals surface area contributed by atoms with Gasteiger partial charge in [-0.15, -0.1) is 6.42 Å². The van der Waals surface area contributed by atoms with Gasteiger partial charge in [0, 0.05) is 4.75 Å². The number of rotatable bonds is 0. The third-order valence-corrected chi connectivity index (χ3v) is 4.82. The normalized spacial score (nSPS) is 36.1. The fourth-order valence-corrected chi connectivity index (χ4v) is 3.44. The van der Waals surface area contributed by atoms with E-state index in [0.29, 0.717) is 6.61 Å². The van der Waals surface area contributed by atoms with Crippen LogP contribution in [-0.2, 0) is 14.3 Å². The first-order chi connectivity index (χ1) is 5.06. The molecule has 0 aromatic carbocycles. The second kappa shape index (κ2) is 3.18. The molecule has 1 heterocycles. The van der Waals surface area contributed by atoms with Gasteiger partial charge in [0.1, 0.15) is 0 Å². The van der Waals surface area contributed by atoms with Crippen molar-refractivity contribution in [1.82, 2.24) is 0 Å². The zero-order valence-corrected chi connectivity index (χ0v) is 8.13. The minimum absolute atomic E-state index is 0.0604. The van der Waals surface area contributed by atoms with Gasteiger partial charge in [0.15, 0.2) is 0 Å². The molecule has 62 valence electrons. The maximum Gasteiger partial charge on any atom is 0.219 e. The zero-order valence-electron chi connectivity index (χ0n) is 6.49. The van der Waals surface area contributed by atoms with Crippen LogP contribution in [0.1, 0.15) is 13.8 Å². The molecule has 0 aliphatic carbocycles. The van der Waals surface area contributed by atoms with Gasteiger partial charge in [0.2, 0.25) is 10.1 Å². The number of terminal acetylenes is 1. The summed E-state index contributed by atoms with van der Waals surface area (Å²) in [6.07, 6.45) is 5.28. The minimum atomic E-state index is -1.21. The lowest BCUT2D eigenvalue weighted by Gasteiger charge is -2.32. The molecule has 2 nitrogen and oxygen atoms in total. The topological polar surface area (TPSA) is 26.3 Å². The first-order valence-electron chi connectivity index (χ1n) is 3.27. The Morgan fingerprint density at radius 1 is 1.82 bits per heavy atom. The van der Waals surface area contributed by atoms with Crippen LogP contribution in [0, 0.1) is 18.3 Å². The third kappa shape index (κ3) is 1.98. The highest BCUT2D eigenvalue weighted by atomic mass is 33.1. The molecular formula is C7H10O2S2. The molecular weight excluding hydrogens is 180 g/mol. The molecule has 2 atom stereocenters. The highest BCUT2D eigenvalue weighted by Gasteiger charge is 2.36. The highest BCUT2D eigenvalue weighted by molar-refractivity contribution is 8.68. The molecule has 1 aliphatic heterocycles. The second-order valence-electron chi connectivity index (χ2n) is 2.89. The Bertz CT molecular complexity index is 217. The first kappa shape index (κ1) is 9.11. The van der Waals surface area contributed by atoms with Gasteiger partial charge >= 0.3 is 0 Å². The van der Waals surface area contributed by atoms with Crippen LogP contribution in [0.25, 0.3) is 0 Å². The van der Waals surface area contributed by atoms with Gasteiger partial charge in [0.05, 0.1) is 12.5 Å². The Morgan fingerprint density at radius 2 is 2.45 bits per heavy atom. The summed E-state index contributed by atoms with van der Waals surface area (Å²) in [5.74, 6) is 2.69. The molecule has 2 unspecified atom stereocenters. The summed E-state index contributed by atoms with van der Waals surface area (Å²) in [6, 6.07) is 0. The van der Waals surface area contributed by atoms with Crippen LogP contribution in [0.2, 0.25) is 0 Å². The Kier molecular flexibility index (Phi) is 2.63. The Hall–Kier alpha value is 0.0200. The quantitative estimate of drug-likeness (QED) is 0.426. The largest absolute Gasteiger partial charge is 0.281 e. The number of hydrogen-bond acceptors (Lipinski definition) is 3. The van der Waals surface area contributed by atoms with Gasteiger partial charge in [-0.05, 0) is 24.6 Å². The van der Waals surface area contributed by atoms with Gasteiger partial charge in [-0.1, -0.05) is 5.92 Å². The van der Waals surface area contributed by atoms with Gasteiger partial charge < -0.3 is 0 Å². The summed E-state index contributed by atoms with van der Waals surface area (Å²) in [6.45, 7) is 4.38. The predicted molar refractivity (Wildman–Crippen MR) is 48.1 cm³/mol. The van der Waals surface area contributed by atoms with Crippen LogP contribution < -0.4 is 0 Å². The van der Waals surface area contributed by atoms with Crippen LogP contribution >= 0.6 is 10.8 Å².